The second-order valence-electron chi connectivity index (χ2n) is 6.27. The lowest BCUT2D eigenvalue weighted by molar-refractivity contribution is 0.122. The van der Waals surface area contributed by atoms with Gasteiger partial charge in [-0.3, -0.25) is 4.99 Å². The number of guanidine groups is 1. The summed E-state index contributed by atoms with van der Waals surface area (Å²) >= 11 is 1.86. The van der Waals surface area contributed by atoms with E-state index in [1.807, 2.05) is 18.4 Å². The molecule has 0 radical (unpaired) electrons. The van der Waals surface area contributed by atoms with Gasteiger partial charge >= 0.3 is 0 Å². The normalized spacial score (nSPS) is 15.2. The Bertz CT molecular complexity index is 705. The number of nitrogens with one attached hydrogen (secondary N) is 2. The average Bonchev–Trinajstić information content (AvgIpc) is 3.17. The van der Waals surface area contributed by atoms with Crippen molar-refractivity contribution in [2.24, 2.45) is 4.99 Å². The van der Waals surface area contributed by atoms with Gasteiger partial charge in [-0.25, -0.2) is 0 Å². The van der Waals surface area contributed by atoms with Crippen LogP contribution in [0.5, 0.6) is 0 Å². The summed E-state index contributed by atoms with van der Waals surface area (Å²) in [7, 11) is 1.81. The molecule has 0 bridgehead atoms. The third-order valence-electron chi connectivity index (χ3n) is 4.49. The van der Waals surface area contributed by atoms with Crippen LogP contribution in [-0.4, -0.2) is 39.3 Å². The molecule has 26 heavy (non-hydrogen) atoms. The van der Waals surface area contributed by atoms with Gasteiger partial charge in [0.1, 0.15) is 0 Å². The summed E-state index contributed by atoms with van der Waals surface area (Å²) in [6, 6.07) is 13.1. The summed E-state index contributed by atoms with van der Waals surface area (Å²) in [5.74, 6) is 0.828. The highest BCUT2D eigenvalue weighted by molar-refractivity contribution is 7.11. The van der Waals surface area contributed by atoms with Crippen molar-refractivity contribution in [3.05, 3.63) is 51.7 Å². The van der Waals surface area contributed by atoms with E-state index in [0.29, 0.717) is 0 Å². The Morgan fingerprint density at radius 2 is 1.73 bits per heavy atom. The fourth-order valence-electron chi connectivity index (χ4n) is 2.93. The minimum absolute atomic E-state index is 0.758. The van der Waals surface area contributed by atoms with Gasteiger partial charge in [0.2, 0.25) is 0 Å². The van der Waals surface area contributed by atoms with E-state index in [2.05, 4.69) is 63.8 Å². The van der Waals surface area contributed by atoms with Crippen LogP contribution in [0, 0.1) is 0 Å². The van der Waals surface area contributed by atoms with Crippen molar-refractivity contribution in [2.45, 2.75) is 26.4 Å². The van der Waals surface area contributed by atoms with Crippen LogP contribution >= 0.6 is 11.3 Å². The van der Waals surface area contributed by atoms with Crippen molar-refractivity contribution in [1.82, 2.24) is 10.6 Å². The van der Waals surface area contributed by atoms with Crippen LogP contribution < -0.4 is 15.5 Å². The second kappa shape index (κ2) is 9.59. The number of benzene rings is 1. The van der Waals surface area contributed by atoms with Gasteiger partial charge < -0.3 is 20.3 Å². The molecule has 1 aromatic carbocycles. The van der Waals surface area contributed by atoms with Crippen LogP contribution in [-0.2, 0) is 24.2 Å². The van der Waals surface area contributed by atoms with Gasteiger partial charge in [-0.15, -0.1) is 11.3 Å². The van der Waals surface area contributed by atoms with E-state index in [1.165, 1.54) is 21.0 Å². The van der Waals surface area contributed by atoms with E-state index >= 15 is 0 Å². The molecule has 1 aliphatic heterocycles. The van der Waals surface area contributed by atoms with Crippen LogP contribution in [0.3, 0.4) is 0 Å². The smallest absolute Gasteiger partial charge is 0.191 e. The SMILES string of the molecule is CCc1ccc(CNC(=NC)NCc2ccc(N3CCOCC3)cc2)s1. The molecule has 1 aromatic heterocycles. The zero-order valence-electron chi connectivity index (χ0n) is 15.6. The van der Waals surface area contributed by atoms with Crippen molar-refractivity contribution >= 4 is 23.0 Å². The van der Waals surface area contributed by atoms with Crippen molar-refractivity contribution in [3.8, 4) is 0 Å². The molecular formula is C20H28N4OS. The number of anilines is 1. The van der Waals surface area contributed by atoms with Crippen LogP contribution in [0.25, 0.3) is 0 Å². The number of aryl methyl sites for hydroxylation is 1. The Morgan fingerprint density at radius 1 is 1.04 bits per heavy atom. The monoisotopic (exact) mass is 372 g/mol. The molecule has 140 valence electrons. The minimum Gasteiger partial charge on any atom is -0.378 e. The molecule has 0 atom stereocenters. The van der Waals surface area contributed by atoms with Crippen LogP contribution in [0.15, 0.2) is 41.4 Å². The van der Waals surface area contributed by atoms with Gasteiger partial charge in [0.25, 0.3) is 0 Å². The molecule has 1 aliphatic rings. The molecule has 1 fully saturated rings. The van der Waals surface area contributed by atoms with Crippen LogP contribution in [0.4, 0.5) is 5.69 Å². The maximum Gasteiger partial charge on any atom is 0.191 e. The molecular weight excluding hydrogens is 344 g/mol. The molecule has 0 spiro atoms. The fourth-order valence-corrected chi connectivity index (χ4v) is 3.83. The lowest BCUT2D eigenvalue weighted by Crippen LogP contribution is -2.36. The molecule has 0 aliphatic carbocycles. The van der Waals surface area contributed by atoms with Crippen molar-refractivity contribution < 1.29 is 4.74 Å². The van der Waals surface area contributed by atoms with Gasteiger partial charge in [-0.1, -0.05) is 19.1 Å². The summed E-state index contributed by atoms with van der Waals surface area (Å²) in [5.41, 5.74) is 2.51. The summed E-state index contributed by atoms with van der Waals surface area (Å²) in [6.07, 6.45) is 1.10. The van der Waals surface area contributed by atoms with E-state index in [-0.39, 0.29) is 0 Å². The summed E-state index contributed by atoms with van der Waals surface area (Å²) < 4.78 is 5.41. The zero-order chi connectivity index (χ0) is 18.2. The quantitative estimate of drug-likeness (QED) is 0.605. The number of nitrogens with zero attached hydrogens (tertiary/aromatic N) is 2. The molecule has 6 heteroatoms. The fraction of sp³-hybridized carbons (Fsp3) is 0.450. The first-order chi connectivity index (χ1) is 12.8. The van der Waals surface area contributed by atoms with E-state index in [1.54, 1.807) is 0 Å². The Morgan fingerprint density at radius 3 is 2.38 bits per heavy atom. The first-order valence-corrected chi connectivity index (χ1v) is 10.0. The van der Waals surface area contributed by atoms with Crippen molar-refractivity contribution in [1.29, 1.82) is 0 Å². The van der Waals surface area contributed by atoms with E-state index in [9.17, 15) is 0 Å². The van der Waals surface area contributed by atoms with Crippen molar-refractivity contribution in [2.75, 3.05) is 38.3 Å². The van der Waals surface area contributed by atoms with E-state index in [0.717, 1.165) is 51.8 Å². The summed E-state index contributed by atoms with van der Waals surface area (Å²) in [6.45, 7) is 7.32. The number of ether oxygens (including phenoxy) is 1. The highest BCUT2D eigenvalue weighted by Gasteiger charge is 2.10. The molecule has 0 amide bonds. The number of rotatable bonds is 6. The molecule has 0 saturated carbocycles. The molecule has 5 nitrogen and oxygen atoms in total. The topological polar surface area (TPSA) is 48.9 Å². The Hall–Kier alpha value is -2.05. The number of hydrogen-bond acceptors (Lipinski definition) is 4. The number of aliphatic imine (C=N–C) groups is 1. The second-order valence-corrected chi connectivity index (χ2v) is 7.52. The first-order valence-electron chi connectivity index (χ1n) is 9.22. The average molecular weight is 373 g/mol. The predicted molar refractivity (Wildman–Crippen MR) is 110 cm³/mol. The lowest BCUT2D eigenvalue weighted by Gasteiger charge is -2.28. The Balaban J connectivity index is 1.47. The van der Waals surface area contributed by atoms with E-state index < -0.39 is 0 Å². The highest BCUT2D eigenvalue weighted by atomic mass is 32.1. The molecule has 1 saturated heterocycles. The minimum atomic E-state index is 0.758. The Labute approximate surface area is 160 Å². The maximum absolute atomic E-state index is 5.41. The van der Waals surface area contributed by atoms with Crippen molar-refractivity contribution in [3.63, 3.8) is 0 Å². The number of thiophene rings is 1. The molecule has 2 heterocycles. The van der Waals surface area contributed by atoms with Crippen LogP contribution in [0.1, 0.15) is 22.2 Å². The maximum atomic E-state index is 5.41. The van der Waals surface area contributed by atoms with Gasteiger partial charge in [-0.05, 0) is 36.2 Å². The summed E-state index contributed by atoms with van der Waals surface area (Å²) in [4.78, 5) is 9.44. The largest absolute Gasteiger partial charge is 0.378 e. The van der Waals surface area contributed by atoms with Gasteiger partial charge in [0, 0.05) is 42.1 Å². The molecule has 2 aromatic rings. The van der Waals surface area contributed by atoms with Crippen LogP contribution in [0.2, 0.25) is 0 Å². The Kier molecular flexibility index (Phi) is 6.91. The third-order valence-corrected chi connectivity index (χ3v) is 5.72. The molecule has 0 unspecified atom stereocenters. The number of hydrogen-bond donors (Lipinski definition) is 2. The van der Waals surface area contributed by atoms with E-state index in [4.69, 9.17) is 4.74 Å². The first kappa shape index (κ1) is 18.7. The standard InChI is InChI=1S/C20H28N4OS/c1-3-18-8-9-19(26-18)15-23-20(21-2)22-14-16-4-6-17(7-5-16)24-10-12-25-13-11-24/h4-9H,3,10-15H2,1-2H3,(H2,21,22,23). The zero-order valence-corrected chi connectivity index (χ0v) is 16.4. The predicted octanol–water partition coefficient (Wildman–Crippen LogP) is 3.01. The summed E-state index contributed by atoms with van der Waals surface area (Å²) in [5, 5.41) is 6.77. The highest BCUT2D eigenvalue weighted by Crippen LogP contribution is 2.17. The number of morpholine rings is 1. The van der Waals surface area contributed by atoms with Gasteiger partial charge in [0.15, 0.2) is 5.96 Å². The van der Waals surface area contributed by atoms with Gasteiger partial charge in [-0.2, -0.15) is 0 Å². The molecule has 2 N–H and O–H groups in total. The lowest BCUT2D eigenvalue weighted by atomic mass is 10.2. The molecule has 3 rings (SSSR count). The van der Waals surface area contributed by atoms with Gasteiger partial charge in [0.05, 0.1) is 19.8 Å². The third kappa shape index (κ3) is 5.22.